The fourth-order valence-corrected chi connectivity index (χ4v) is 4.97. The number of nitrogens with one attached hydrogen (secondary N) is 2. The summed E-state index contributed by atoms with van der Waals surface area (Å²) in [5.41, 5.74) is 7.12. The second-order valence-electron chi connectivity index (χ2n) is 11.3. The van der Waals surface area contributed by atoms with Gasteiger partial charge in [-0.1, -0.05) is 12.1 Å². The Morgan fingerprint density at radius 3 is 2.32 bits per heavy atom. The molecule has 0 saturated heterocycles. The van der Waals surface area contributed by atoms with Gasteiger partial charge < -0.3 is 24.3 Å². The monoisotopic (exact) mass is 594 g/mol. The fourth-order valence-electron chi connectivity index (χ4n) is 4.97. The van der Waals surface area contributed by atoms with Crippen LogP contribution in [-0.2, 0) is 0 Å². The van der Waals surface area contributed by atoms with Crippen LogP contribution in [0.1, 0.15) is 5.56 Å². The van der Waals surface area contributed by atoms with Crippen molar-refractivity contribution in [2.45, 2.75) is 6.92 Å². The van der Waals surface area contributed by atoms with Gasteiger partial charge in [0.05, 0.1) is 22.6 Å². The molecule has 10 nitrogen and oxygen atoms in total. The van der Waals surface area contributed by atoms with Crippen LogP contribution in [0.3, 0.4) is 0 Å². The van der Waals surface area contributed by atoms with Crippen LogP contribution in [0.5, 0.6) is 11.5 Å². The Balaban J connectivity index is 1.36. The Morgan fingerprint density at radius 2 is 1.55 bits per heavy atom. The number of benzene rings is 2. The number of likely N-dealkylation sites (N-methyl/N-ethyl adjacent to an activating group) is 2. The molecule has 0 fully saturated rings. The van der Waals surface area contributed by atoms with Crippen molar-refractivity contribution in [3.8, 4) is 45.3 Å². The molecular formula is C33H35FN8O2. The summed E-state index contributed by atoms with van der Waals surface area (Å²) in [7, 11) is 7.95. The second kappa shape index (κ2) is 12.4. The molecule has 11 heteroatoms. The number of rotatable bonds is 11. The van der Waals surface area contributed by atoms with Crippen LogP contribution >= 0.6 is 0 Å². The molecule has 0 aliphatic rings. The molecule has 0 saturated carbocycles. The minimum Gasteiger partial charge on any atom is -0.492 e. The summed E-state index contributed by atoms with van der Waals surface area (Å²) in [4.78, 5) is 21.5. The van der Waals surface area contributed by atoms with Gasteiger partial charge in [0.25, 0.3) is 0 Å². The number of H-pyrrole nitrogens is 2. The molecule has 44 heavy (non-hydrogen) atoms. The third-order valence-electron chi connectivity index (χ3n) is 7.34. The summed E-state index contributed by atoms with van der Waals surface area (Å²) in [6.07, 6.45) is 5.27. The molecule has 0 aliphatic heterocycles. The molecule has 4 heterocycles. The van der Waals surface area contributed by atoms with Gasteiger partial charge in [-0.2, -0.15) is 5.10 Å². The predicted molar refractivity (Wildman–Crippen MR) is 170 cm³/mol. The lowest BCUT2D eigenvalue weighted by atomic mass is 10.0. The molecule has 2 aromatic carbocycles. The number of aryl methyl sites for hydroxylation is 1. The number of nitrogens with zero attached hydrogens (tertiary/aromatic N) is 6. The van der Waals surface area contributed by atoms with Crippen LogP contribution in [0.2, 0.25) is 0 Å². The smallest absolute Gasteiger partial charge is 0.181 e. The average Bonchev–Trinajstić information content (AvgIpc) is 3.62. The summed E-state index contributed by atoms with van der Waals surface area (Å²) < 4.78 is 26.5. The molecule has 0 aliphatic carbocycles. The number of hydrogen-bond donors (Lipinski definition) is 2. The number of aromatic amines is 2. The van der Waals surface area contributed by atoms with Crippen molar-refractivity contribution in [1.82, 2.24) is 39.9 Å². The Labute approximate surface area is 254 Å². The van der Waals surface area contributed by atoms with Gasteiger partial charge in [-0.05, 0) is 70.5 Å². The number of imidazole rings is 1. The van der Waals surface area contributed by atoms with Gasteiger partial charge in [0, 0.05) is 48.2 Å². The van der Waals surface area contributed by atoms with Crippen LogP contribution in [0.15, 0.2) is 61.1 Å². The molecule has 0 bridgehead atoms. The van der Waals surface area contributed by atoms with E-state index in [1.807, 2.05) is 70.3 Å². The van der Waals surface area contributed by atoms with Gasteiger partial charge in [-0.15, -0.1) is 0 Å². The molecule has 2 N–H and O–H groups in total. The summed E-state index contributed by atoms with van der Waals surface area (Å²) in [6.45, 7) is 4.56. The first-order valence-electron chi connectivity index (χ1n) is 14.4. The molecule has 0 amide bonds. The van der Waals surface area contributed by atoms with Crippen LogP contribution in [0.4, 0.5) is 4.39 Å². The van der Waals surface area contributed by atoms with Gasteiger partial charge in [0.15, 0.2) is 11.5 Å². The average molecular weight is 595 g/mol. The zero-order valence-electron chi connectivity index (χ0n) is 25.5. The zero-order chi connectivity index (χ0) is 30.8. The van der Waals surface area contributed by atoms with Crippen LogP contribution in [0, 0.1) is 12.7 Å². The minimum absolute atomic E-state index is 0.365. The minimum atomic E-state index is -0.365. The Bertz CT molecular complexity index is 1930. The lowest BCUT2D eigenvalue weighted by Crippen LogP contribution is -2.19. The van der Waals surface area contributed by atoms with Crippen molar-refractivity contribution >= 4 is 22.1 Å². The highest BCUT2D eigenvalue weighted by atomic mass is 19.1. The first-order valence-corrected chi connectivity index (χ1v) is 14.4. The van der Waals surface area contributed by atoms with Gasteiger partial charge in [0.1, 0.15) is 36.2 Å². The lowest BCUT2D eigenvalue weighted by Gasteiger charge is -2.12. The van der Waals surface area contributed by atoms with Crippen molar-refractivity contribution in [3.05, 3.63) is 72.4 Å². The van der Waals surface area contributed by atoms with Gasteiger partial charge in [0.2, 0.25) is 0 Å². The van der Waals surface area contributed by atoms with E-state index in [4.69, 9.17) is 14.5 Å². The maximum atomic E-state index is 14.7. The van der Waals surface area contributed by atoms with Crippen molar-refractivity contribution < 1.29 is 13.9 Å². The lowest BCUT2D eigenvalue weighted by molar-refractivity contribution is 0.260. The first-order chi connectivity index (χ1) is 21.2. The number of hydrogen-bond acceptors (Lipinski definition) is 8. The third kappa shape index (κ3) is 6.24. The zero-order valence-corrected chi connectivity index (χ0v) is 25.5. The number of halogens is 1. The van der Waals surface area contributed by atoms with Crippen molar-refractivity contribution in [2.24, 2.45) is 0 Å². The molecule has 4 aromatic heterocycles. The SMILES string of the molecule is Cc1ccc(-c2cc(F)cc(OCCN(C)C)c2)c2[nH]c(-c3[nH]nc4ncc(-c5cncc(OCCN(C)C)c5)cc34)nc12. The first kappa shape index (κ1) is 29.2. The quantitative estimate of drug-likeness (QED) is 0.201. The van der Waals surface area contributed by atoms with Crippen molar-refractivity contribution in [1.29, 1.82) is 0 Å². The van der Waals surface area contributed by atoms with E-state index in [1.54, 1.807) is 18.6 Å². The second-order valence-corrected chi connectivity index (χ2v) is 11.3. The highest BCUT2D eigenvalue weighted by Gasteiger charge is 2.18. The standard InChI is InChI=1S/C33H35FN8O2/c1-20-6-7-27(21-12-24(34)16-25(13-21)43-10-8-41(2)3)30-29(20)37-33(38-30)31-28-15-23(18-36-32(28)40-39-31)22-14-26(19-35-17-22)44-11-9-42(4)5/h6-7,12-19H,8-11H2,1-5H3,(H,37,38)(H,36,39,40). The van der Waals surface area contributed by atoms with Crippen molar-refractivity contribution in [3.63, 3.8) is 0 Å². The van der Waals surface area contributed by atoms with Gasteiger partial charge in [-0.25, -0.2) is 14.4 Å². The largest absolute Gasteiger partial charge is 0.492 e. The summed E-state index contributed by atoms with van der Waals surface area (Å²) >= 11 is 0. The molecule has 0 spiro atoms. The summed E-state index contributed by atoms with van der Waals surface area (Å²) in [5, 5.41) is 8.35. The van der Waals surface area contributed by atoms with E-state index in [2.05, 4.69) is 30.0 Å². The fraction of sp³-hybridized carbons (Fsp3) is 0.273. The maximum Gasteiger partial charge on any atom is 0.181 e. The van der Waals surface area contributed by atoms with Gasteiger partial charge >= 0.3 is 0 Å². The number of aromatic nitrogens is 6. The summed E-state index contributed by atoms with van der Waals surface area (Å²) in [6, 6.07) is 12.7. The topological polar surface area (TPSA) is 108 Å². The Kier molecular flexibility index (Phi) is 8.23. The van der Waals surface area contributed by atoms with Gasteiger partial charge in [-0.3, -0.25) is 10.1 Å². The number of pyridine rings is 2. The van der Waals surface area contributed by atoms with E-state index in [9.17, 15) is 4.39 Å². The molecule has 0 radical (unpaired) electrons. The molecule has 226 valence electrons. The number of fused-ring (bicyclic) bond motifs is 2. The van der Waals surface area contributed by atoms with Crippen LogP contribution in [0.25, 0.3) is 55.8 Å². The maximum absolute atomic E-state index is 14.7. The van der Waals surface area contributed by atoms with Crippen LogP contribution in [-0.4, -0.2) is 94.4 Å². The summed E-state index contributed by atoms with van der Waals surface area (Å²) in [5.74, 6) is 1.42. The van der Waals surface area contributed by atoms with E-state index in [0.29, 0.717) is 47.4 Å². The molecule has 6 rings (SSSR count). The van der Waals surface area contributed by atoms with E-state index >= 15 is 0 Å². The van der Waals surface area contributed by atoms with Crippen molar-refractivity contribution in [2.75, 3.05) is 54.5 Å². The van der Waals surface area contributed by atoms with E-state index < -0.39 is 0 Å². The normalized spacial score (nSPS) is 11.7. The molecular weight excluding hydrogens is 559 g/mol. The van der Waals surface area contributed by atoms with E-state index in [1.165, 1.54) is 12.1 Å². The number of ether oxygens (including phenoxy) is 2. The van der Waals surface area contributed by atoms with E-state index in [0.717, 1.165) is 51.8 Å². The van der Waals surface area contributed by atoms with Crippen LogP contribution < -0.4 is 9.47 Å². The predicted octanol–water partition coefficient (Wildman–Crippen LogP) is 5.56. The third-order valence-corrected chi connectivity index (χ3v) is 7.34. The highest BCUT2D eigenvalue weighted by molar-refractivity contribution is 5.98. The Hall–Kier alpha value is -4.87. The molecule has 0 atom stereocenters. The highest BCUT2D eigenvalue weighted by Crippen LogP contribution is 2.35. The van der Waals surface area contributed by atoms with E-state index in [-0.39, 0.29) is 5.82 Å². The molecule has 6 aromatic rings. The molecule has 0 unspecified atom stereocenters. The Morgan fingerprint density at radius 1 is 0.818 bits per heavy atom.